The second-order valence-electron chi connectivity index (χ2n) is 8.01. The van der Waals surface area contributed by atoms with E-state index < -0.39 is 42.0 Å². The van der Waals surface area contributed by atoms with Crippen molar-refractivity contribution in [3.63, 3.8) is 0 Å². The van der Waals surface area contributed by atoms with E-state index in [-0.39, 0.29) is 35.7 Å². The first-order valence-corrected chi connectivity index (χ1v) is 10.4. The Morgan fingerprint density at radius 3 is 2.71 bits per heavy atom. The van der Waals surface area contributed by atoms with Crippen LogP contribution in [0.25, 0.3) is 11.0 Å². The quantitative estimate of drug-likeness (QED) is 0.598. The van der Waals surface area contributed by atoms with Gasteiger partial charge in [0.05, 0.1) is 24.0 Å². The third-order valence-corrected chi connectivity index (χ3v) is 5.61. The fraction of sp³-hybridized carbons (Fsp3) is 0.261. The lowest BCUT2D eigenvalue weighted by molar-refractivity contribution is -0.131. The van der Waals surface area contributed by atoms with Crippen LogP contribution in [0.15, 0.2) is 42.5 Å². The number of aromatic amines is 1. The van der Waals surface area contributed by atoms with Crippen molar-refractivity contribution in [2.45, 2.75) is 12.5 Å². The monoisotopic (exact) mass is 466 g/mol. The van der Waals surface area contributed by atoms with E-state index in [1.807, 2.05) is 12.1 Å². The van der Waals surface area contributed by atoms with E-state index in [1.54, 1.807) is 24.3 Å². The smallest absolute Gasteiger partial charge is 0.289 e. The first kappa shape index (κ1) is 22.8. The molecule has 3 amide bonds. The number of halogens is 2. The van der Waals surface area contributed by atoms with E-state index in [9.17, 15) is 28.4 Å². The number of H-pyrrole nitrogens is 1. The van der Waals surface area contributed by atoms with Gasteiger partial charge in [-0.05, 0) is 24.6 Å². The number of amides is 3. The molecule has 0 aliphatic carbocycles. The Bertz CT molecular complexity index is 1300. The van der Waals surface area contributed by atoms with Crippen LogP contribution in [0.2, 0.25) is 0 Å². The lowest BCUT2D eigenvalue weighted by Gasteiger charge is -2.23. The highest BCUT2D eigenvalue weighted by Gasteiger charge is 2.39. The van der Waals surface area contributed by atoms with Crippen LogP contribution >= 0.6 is 0 Å². The molecule has 2 heterocycles. The standard InChI is InChI=1S/C23H20F2N6O3/c1-30(23(34)21-28-18-9-14(24)8-17(25)20(18)29-21)12-19(32)31-11-13(7-16(31)10-26)22(33)27-15-5-3-2-4-6-15/h2-6,8-9,13,16H,7,11-12H2,1H3,(H,27,33)(H,28,29). The molecule has 1 aliphatic heterocycles. The normalized spacial score (nSPS) is 17.4. The van der Waals surface area contributed by atoms with E-state index in [4.69, 9.17) is 0 Å². The number of anilines is 1. The summed E-state index contributed by atoms with van der Waals surface area (Å²) < 4.78 is 27.3. The molecule has 34 heavy (non-hydrogen) atoms. The fourth-order valence-electron chi connectivity index (χ4n) is 3.88. The number of rotatable bonds is 5. The molecule has 1 aromatic heterocycles. The SMILES string of the molecule is CN(CC(=O)N1CC(C(=O)Nc2ccccc2)CC1C#N)C(=O)c1nc2c(F)cc(F)cc2[nH]1. The fourth-order valence-corrected chi connectivity index (χ4v) is 3.88. The molecule has 2 atom stereocenters. The zero-order valence-corrected chi connectivity index (χ0v) is 18.1. The molecule has 1 aliphatic rings. The van der Waals surface area contributed by atoms with Gasteiger partial charge in [-0.15, -0.1) is 0 Å². The first-order chi connectivity index (χ1) is 16.3. The van der Waals surface area contributed by atoms with Gasteiger partial charge in [0.2, 0.25) is 11.8 Å². The third kappa shape index (κ3) is 4.56. The highest BCUT2D eigenvalue weighted by atomic mass is 19.1. The number of likely N-dealkylation sites (tertiary alicyclic amines) is 1. The summed E-state index contributed by atoms with van der Waals surface area (Å²) in [5.74, 6) is -4.11. The summed E-state index contributed by atoms with van der Waals surface area (Å²) in [6.45, 7) is -0.356. The number of hydrogen-bond donors (Lipinski definition) is 2. The molecule has 1 saturated heterocycles. The summed E-state index contributed by atoms with van der Waals surface area (Å²) >= 11 is 0. The Kier molecular flexibility index (Phi) is 6.23. The molecule has 0 saturated carbocycles. The van der Waals surface area contributed by atoms with Crippen molar-refractivity contribution in [3.05, 3.63) is 59.9 Å². The van der Waals surface area contributed by atoms with Crippen LogP contribution in [0, 0.1) is 28.9 Å². The van der Waals surface area contributed by atoms with Gasteiger partial charge in [0.25, 0.3) is 5.91 Å². The number of nitrogens with one attached hydrogen (secondary N) is 2. The van der Waals surface area contributed by atoms with Gasteiger partial charge in [0.15, 0.2) is 11.6 Å². The second kappa shape index (κ2) is 9.27. The summed E-state index contributed by atoms with van der Waals surface area (Å²) in [7, 11) is 1.35. The van der Waals surface area contributed by atoms with Crippen molar-refractivity contribution in [2.24, 2.45) is 5.92 Å². The minimum atomic E-state index is -0.919. The second-order valence-corrected chi connectivity index (χ2v) is 8.01. The molecule has 174 valence electrons. The van der Waals surface area contributed by atoms with Crippen LogP contribution in [0.1, 0.15) is 17.0 Å². The molecule has 3 aromatic rings. The molecule has 0 radical (unpaired) electrons. The maximum absolute atomic E-state index is 13.9. The van der Waals surface area contributed by atoms with Crippen LogP contribution in [0.3, 0.4) is 0 Å². The molecular weight excluding hydrogens is 446 g/mol. The number of carbonyl (C=O) groups is 3. The van der Waals surface area contributed by atoms with Gasteiger partial charge in [-0.2, -0.15) is 5.26 Å². The molecule has 2 N–H and O–H groups in total. The maximum atomic E-state index is 13.9. The van der Waals surface area contributed by atoms with Crippen LogP contribution in [0.5, 0.6) is 0 Å². The number of para-hydroxylation sites is 1. The number of carbonyl (C=O) groups excluding carboxylic acids is 3. The van der Waals surface area contributed by atoms with Crippen molar-refractivity contribution in [1.82, 2.24) is 19.8 Å². The Balaban J connectivity index is 1.42. The lowest BCUT2D eigenvalue weighted by atomic mass is 10.1. The van der Waals surface area contributed by atoms with Gasteiger partial charge >= 0.3 is 0 Å². The van der Waals surface area contributed by atoms with Gasteiger partial charge < -0.3 is 20.1 Å². The third-order valence-electron chi connectivity index (χ3n) is 5.61. The number of benzene rings is 2. The largest absolute Gasteiger partial charge is 0.334 e. The topological polar surface area (TPSA) is 122 Å². The summed E-state index contributed by atoms with van der Waals surface area (Å²) in [6, 6.07) is 11.7. The zero-order valence-electron chi connectivity index (χ0n) is 18.1. The summed E-state index contributed by atoms with van der Waals surface area (Å²) in [5, 5.41) is 12.3. The Morgan fingerprint density at radius 1 is 1.26 bits per heavy atom. The van der Waals surface area contributed by atoms with Gasteiger partial charge in [-0.1, -0.05) is 18.2 Å². The van der Waals surface area contributed by atoms with Crippen LogP contribution in [-0.4, -0.2) is 63.7 Å². The van der Waals surface area contributed by atoms with Crippen molar-refractivity contribution in [1.29, 1.82) is 5.26 Å². The number of fused-ring (bicyclic) bond motifs is 1. The Hall–Kier alpha value is -4.33. The van der Waals surface area contributed by atoms with Crippen LogP contribution < -0.4 is 5.32 Å². The number of likely N-dealkylation sites (N-methyl/N-ethyl adjacent to an activating group) is 1. The number of hydrogen-bond acceptors (Lipinski definition) is 5. The molecule has 0 bridgehead atoms. The predicted octanol–water partition coefficient (Wildman–Crippen LogP) is 2.29. The van der Waals surface area contributed by atoms with Crippen molar-refractivity contribution < 1.29 is 23.2 Å². The van der Waals surface area contributed by atoms with Crippen LogP contribution in [-0.2, 0) is 9.59 Å². The van der Waals surface area contributed by atoms with E-state index in [0.717, 1.165) is 11.0 Å². The highest BCUT2D eigenvalue weighted by Crippen LogP contribution is 2.25. The number of nitrogens with zero attached hydrogens (tertiary/aromatic N) is 4. The average Bonchev–Trinajstić information content (AvgIpc) is 3.44. The molecule has 9 nitrogen and oxygen atoms in total. The molecule has 0 spiro atoms. The molecule has 1 fully saturated rings. The highest BCUT2D eigenvalue weighted by molar-refractivity contribution is 5.97. The first-order valence-electron chi connectivity index (χ1n) is 10.4. The van der Waals surface area contributed by atoms with E-state index in [0.29, 0.717) is 11.8 Å². The van der Waals surface area contributed by atoms with Gasteiger partial charge in [-0.3, -0.25) is 14.4 Å². The van der Waals surface area contributed by atoms with E-state index >= 15 is 0 Å². The predicted molar refractivity (Wildman–Crippen MR) is 117 cm³/mol. The Morgan fingerprint density at radius 2 is 2.00 bits per heavy atom. The Labute approximate surface area is 193 Å². The average molecular weight is 466 g/mol. The summed E-state index contributed by atoms with van der Waals surface area (Å²) in [5.41, 5.74) is 0.427. The minimum absolute atomic E-state index is 0.0111. The van der Waals surface area contributed by atoms with Gasteiger partial charge in [0.1, 0.15) is 17.4 Å². The minimum Gasteiger partial charge on any atom is -0.334 e. The van der Waals surface area contributed by atoms with E-state index in [1.165, 1.54) is 11.9 Å². The molecule has 4 rings (SSSR count). The van der Waals surface area contributed by atoms with Crippen molar-refractivity contribution >= 4 is 34.4 Å². The van der Waals surface area contributed by atoms with E-state index in [2.05, 4.69) is 15.3 Å². The number of aromatic nitrogens is 2. The van der Waals surface area contributed by atoms with Gasteiger partial charge in [0, 0.05) is 25.3 Å². The van der Waals surface area contributed by atoms with Crippen molar-refractivity contribution in [2.75, 3.05) is 25.5 Å². The molecule has 2 aromatic carbocycles. The molecule has 2 unspecified atom stereocenters. The number of imidazole rings is 1. The van der Waals surface area contributed by atoms with Crippen molar-refractivity contribution in [3.8, 4) is 6.07 Å². The van der Waals surface area contributed by atoms with Gasteiger partial charge in [-0.25, -0.2) is 13.8 Å². The summed E-state index contributed by atoms with van der Waals surface area (Å²) in [4.78, 5) is 46.9. The number of nitriles is 1. The molecule has 11 heteroatoms. The zero-order chi connectivity index (χ0) is 24.4. The van der Waals surface area contributed by atoms with Crippen LogP contribution in [0.4, 0.5) is 14.5 Å². The molecular formula is C23H20F2N6O3. The lowest BCUT2D eigenvalue weighted by Crippen LogP contribution is -2.43. The summed E-state index contributed by atoms with van der Waals surface area (Å²) in [6.07, 6.45) is 0.174. The maximum Gasteiger partial charge on any atom is 0.289 e.